The number of amides is 3. The lowest BCUT2D eigenvalue weighted by atomic mass is 9.96. The topological polar surface area (TPSA) is 64.7 Å². The number of likely N-dealkylation sites (N-methyl/N-ethyl adjacent to an activating group) is 1. The van der Waals surface area contributed by atoms with Crippen molar-refractivity contribution in [1.82, 2.24) is 20.4 Å². The average molecular weight is 407 g/mol. The van der Waals surface area contributed by atoms with Crippen molar-refractivity contribution in [1.29, 1.82) is 0 Å². The van der Waals surface area contributed by atoms with Crippen LogP contribution in [-0.4, -0.2) is 61.5 Å². The summed E-state index contributed by atoms with van der Waals surface area (Å²) in [6.07, 6.45) is 6.57. The van der Waals surface area contributed by atoms with Gasteiger partial charge in [-0.2, -0.15) is 0 Å². The molecule has 0 saturated heterocycles. The molecule has 1 aliphatic carbocycles. The zero-order chi connectivity index (χ0) is 21.1. The maximum Gasteiger partial charge on any atom is 0.315 e. The molecule has 1 aromatic rings. The van der Waals surface area contributed by atoms with Crippen LogP contribution in [0.2, 0.25) is 0 Å². The SMILES string of the molecule is CN(C)CCN(Cc1ccccc1F)C(=O)CCCNC(=O)NC1CCCCC1. The van der Waals surface area contributed by atoms with Crippen LogP contribution in [0.25, 0.3) is 0 Å². The first kappa shape index (κ1) is 23.1. The second kappa shape index (κ2) is 12.4. The molecule has 1 saturated carbocycles. The summed E-state index contributed by atoms with van der Waals surface area (Å²) in [4.78, 5) is 28.4. The van der Waals surface area contributed by atoms with E-state index in [1.54, 1.807) is 23.1 Å². The minimum Gasteiger partial charge on any atom is -0.338 e. The predicted octanol–water partition coefficient (Wildman–Crippen LogP) is 3.13. The lowest BCUT2D eigenvalue weighted by Gasteiger charge is -2.25. The molecule has 2 rings (SSSR count). The number of carbonyl (C=O) groups is 2. The summed E-state index contributed by atoms with van der Waals surface area (Å²) in [7, 11) is 3.89. The van der Waals surface area contributed by atoms with Gasteiger partial charge in [0.1, 0.15) is 5.82 Å². The number of nitrogens with zero attached hydrogens (tertiary/aromatic N) is 2. The minimum absolute atomic E-state index is 0.0235. The molecule has 0 radical (unpaired) electrons. The molecule has 0 bridgehead atoms. The van der Waals surface area contributed by atoms with Gasteiger partial charge in [0.25, 0.3) is 0 Å². The molecule has 2 N–H and O–H groups in total. The number of urea groups is 1. The number of hydrogen-bond acceptors (Lipinski definition) is 3. The van der Waals surface area contributed by atoms with Gasteiger partial charge in [-0.3, -0.25) is 4.79 Å². The number of hydrogen-bond donors (Lipinski definition) is 2. The predicted molar refractivity (Wildman–Crippen MR) is 113 cm³/mol. The Hall–Kier alpha value is -2.15. The summed E-state index contributed by atoms with van der Waals surface area (Å²) in [5, 5.41) is 5.85. The first-order valence-corrected chi connectivity index (χ1v) is 10.7. The van der Waals surface area contributed by atoms with E-state index in [4.69, 9.17) is 0 Å². The molecule has 29 heavy (non-hydrogen) atoms. The highest BCUT2D eigenvalue weighted by Gasteiger charge is 2.17. The molecule has 1 aliphatic rings. The second-order valence-corrected chi connectivity index (χ2v) is 8.05. The Morgan fingerprint density at radius 1 is 1.10 bits per heavy atom. The molecular formula is C22H35FN4O2. The van der Waals surface area contributed by atoms with E-state index < -0.39 is 0 Å². The summed E-state index contributed by atoms with van der Waals surface area (Å²) in [5.74, 6) is -0.319. The molecule has 6 nitrogen and oxygen atoms in total. The average Bonchev–Trinajstić information content (AvgIpc) is 2.70. The van der Waals surface area contributed by atoms with Crippen LogP contribution in [0.3, 0.4) is 0 Å². The van der Waals surface area contributed by atoms with Crippen LogP contribution in [-0.2, 0) is 11.3 Å². The molecule has 162 valence electrons. The van der Waals surface area contributed by atoms with E-state index in [1.807, 2.05) is 19.0 Å². The third-order valence-electron chi connectivity index (χ3n) is 5.28. The molecule has 1 aromatic carbocycles. The molecule has 7 heteroatoms. The molecule has 0 spiro atoms. The van der Waals surface area contributed by atoms with Crippen LogP contribution in [0.15, 0.2) is 24.3 Å². The maximum absolute atomic E-state index is 14.0. The third kappa shape index (κ3) is 8.81. The number of halogens is 1. The summed E-state index contributed by atoms with van der Waals surface area (Å²) in [6, 6.07) is 6.67. The fourth-order valence-electron chi connectivity index (χ4n) is 3.53. The summed E-state index contributed by atoms with van der Waals surface area (Å²) >= 11 is 0. The maximum atomic E-state index is 14.0. The largest absolute Gasteiger partial charge is 0.338 e. The number of nitrogens with one attached hydrogen (secondary N) is 2. The third-order valence-corrected chi connectivity index (χ3v) is 5.28. The van der Waals surface area contributed by atoms with Gasteiger partial charge in [-0.25, -0.2) is 9.18 Å². The van der Waals surface area contributed by atoms with Crippen molar-refractivity contribution < 1.29 is 14.0 Å². The van der Waals surface area contributed by atoms with Gasteiger partial charge in [-0.05, 0) is 39.4 Å². The van der Waals surface area contributed by atoms with Crippen molar-refractivity contribution in [3.05, 3.63) is 35.6 Å². The van der Waals surface area contributed by atoms with E-state index in [0.29, 0.717) is 38.0 Å². The molecule has 0 heterocycles. The number of rotatable bonds is 10. The van der Waals surface area contributed by atoms with E-state index in [2.05, 4.69) is 10.6 Å². The highest BCUT2D eigenvalue weighted by atomic mass is 19.1. The van der Waals surface area contributed by atoms with E-state index in [9.17, 15) is 14.0 Å². The lowest BCUT2D eigenvalue weighted by molar-refractivity contribution is -0.132. The minimum atomic E-state index is -0.295. The fourth-order valence-corrected chi connectivity index (χ4v) is 3.53. The van der Waals surface area contributed by atoms with Crippen LogP contribution < -0.4 is 10.6 Å². The van der Waals surface area contributed by atoms with Gasteiger partial charge in [0, 0.05) is 44.2 Å². The standard InChI is InChI=1S/C22H35FN4O2/c1-26(2)15-16-27(17-18-9-6-7-12-20(18)23)21(28)13-8-14-24-22(29)25-19-10-4-3-5-11-19/h6-7,9,12,19H,3-5,8,10-11,13-17H2,1-2H3,(H2,24,25,29). The highest BCUT2D eigenvalue weighted by molar-refractivity contribution is 5.76. The zero-order valence-corrected chi connectivity index (χ0v) is 17.8. The molecule has 0 atom stereocenters. The van der Waals surface area contributed by atoms with Gasteiger partial charge in [0.05, 0.1) is 0 Å². The van der Waals surface area contributed by atoms with Gasteiger partial charge in [0.15, 0.2) is 0 Å². The quantitative estimate of drug-likeness (QED) is 0.587. The summed E-state index contributed by atoms with van der Waals surface area (Å²) in [5.41, 5.74) is 0.518. The van der Waals surface area contributed by atoms with Gasteiger partial charge >= 0.3 is 6.03 Å². The molecule has 1 fully saturated rings. The van der Waals surface area contributed by atoms with Crippen molar-refractivity contribution in [2.45, 2.75) is 57.5 Å². The number of carbonyl (C=O) groups excluding carboxylic acids is 2. The Balaban J connectivity index is 1.76. The van der Waals surface area contributed by atoms with Gasteiger partial charge < -0.3 is 20.4 Å². The molecule has 3 amide bonds. The normalized spacial score (nSPS) is 14.6. The number of benzene rings is 1. The van der Waals surface area contributed by atoms with E-state index in [-0.39, 0.29) is 30.3 Å². The smallest absolute Gasteiger partial charge is 0.315 e. The lowest BCUT2D eigenvalue weighted by Crippen LogP contribution is -2.43. The molecule has 0 aromatic heterocycles. The molecule has 0 unspecified atom stereocenters. The van der Waals surface area contributed by atoms with E-state index in [1.165, 1.54) is 25.3 Å². The van der Waals surface area contributed by atoms with Crippen molar-refractivity contribution in [2.24, 2.45) is 0 Å². The van der Waals surface area contributed by atoms with Gasteiger partial charge in [-0.1, -0.05) is 37.5 Å². The Morgan fingerprint density at radius 3 is 2.52 bits per heavy atom. The second-order valence-electron chi connectivity index (χ2n) is 8.05. The van der Waals surface area contributed by atoms with Gasteiger partial charge in [0.2, 0.25) is 5.91 Å². The summed E-state index contributed by atoms with van der Waals surface area (Å²) in [6.45, 7) is 1.96. The Bertz CT molecular complexity index is 647. The Kier molecular flexibility index (Phi) is 9.91. The van der Waals surface area contributed by atoms with Crippen molar-refractivity contribution in [3.63, 3.8) is 0 Å². The first-order valence-electron chi connectivity index (χ1n) is 10.7. The van der Waals surface area contributed by atoms with Crippen LogP contribution in [0.5, 0.6) is 0 Å². The van der Waals surface area contributed by atoms with Crippen molar-refractivity contribution in [2.75, 3.05) is 33.7 Å². The molecule has 0 aliphatic heterocycles. The monoisotopic (exact) mass is 406 g/mol. The van der Waals surface area contributed by atoms with Crippen molar-refractivity contribution >= 4 is 11.9 Å². The van der Waals surface area contributed by atoms with E-state index in [0.717, 1.165) is 12.8 Å². The Morgan fingerprint density at radius 2 is 1.83 bits per heavy atom. The van der Waals surface area contributed by atoms with Crippen molar-refractivity contribution in [3.8, 4) is 0 Å². The molecular weight excluding hydrogens is 371 g/mol. The Labute approximate surface area is 173 Å². The van der Waals surface area contributed by atoms with Crippen LogP contribution in [0.4, 0.5) is 9.18 Å². The van der Waals surface area contributed by atoms with Crippen LogP contribution >= 0.6 is 0 Å². The van der Waals surface area contributed by atoms with Crippen LogP contribution in [0.1, 0.15) is 50.5 Å². The fraction of sp³-hybridized carbons (Fsp3) is 0.636. The summed E-state index contributed by atoms with van der Waals surface area (Å²) < 4.78 is 14.0. The van der Waals surface area contributed by atoms with E-state index >= 15 is 0 Å². The van der Waals surface area contributed by atoms with Gasteiger partial charge in [-0.15, -0.1) is 0 Å². The highest BCUT2D eigenvalue weighted by Crippen LogP contribution is 2.17. The zero-order valence-electron chi connectivity index (χ0n) is 17.8. The van der Waals surface area contributed by atoms with Crippen LogP contribution in [0, 0.1) is 5.82 Å². The first-order chi connectivity index (χ1) is 14.0.